The second-order valence-electron chi connectivity index (χ2n) is 5.27. The molecule has 1 aliphatic heterocycles. The van der Waals surface area contributed by atoms with Crippen molar-refractivity contribution in [1.82, 2.24) is 9.88 Å². The fourth-order valence-electron chi connectivity index (χ4n) is 2.69. The lowest BCUT2D eigenvalue weighted by Gasteiger charge is -2.36. The van der Waals surface area contributed by atoms with E-state index in [1.54, 1.807) is 19.3 Å². The smallest absolute Gasteiger partial charge is 0.108 e. The van der Waals surface area contributed by atoms with Crippen molar-refractivity contribution in [3.8, 4) is 0 Å². The normalized spacial score (nSPS) is 21.3. The van der Waals surface area contributed by atoms with E-state index >= 15 is 0 Å². The van der Waals surface area contributed by atoms with Crippen LogP contribution >= 0.6 is 0 Å². The van der Waals surface area contributed by atoms with E-state index in [1.165, 1.54) is 12.8 Å². The van der Waals surface area contributed by atoms with Gasteiger partial charge in [0, 0.05) is 31.2 Å². The summed E-state index contributed by atoms with van der Waals surface area (Å²) in [7, 11) is 0. The minimum atomic E-state index is -1.09. The lowest BCUT2D eigenvalue weighted by molar-refractivity contribution is 0.0323. The maximum absolute atomic E-state index is 10.8. The number of likely N-dealkylation sites (tertiary alicyclic amines) is 1. The Balaban J connectivity index is 2.23. The Morgan fingerprint density at radius 1 is 1.42 bits per heavy atom. The van der Waals surface area contributed by atoms with Gasteiger partial charge in [0.2, 0.25) is 0 Å². The summed E-state index contributed by atoms with van der Waals surface area (Å²) < 4.78 is 0. The number of nitrogens with two attached hydrogens (primary N) is 1. The molecule has 2 atom stereocenters. The predicted molar refractivity (Wildman–Crippen MR) is 76.3 cm³/mol. The number of hydrogen-bond acceptors (Lipinski definition) is 4. The molecule has 0 amide bonds. The standard InChI is InChI=1S/C15H23N3O/c1-3-13(18-10-4-5-11-18)14(16)15(2,19)12-6-8-17-9-7-12/h3,6-9,14,19H,4-5,10-11,16H2,1-2H3/t14-,15+/m0/s1. The highest BCUT2D eigenvalue weighted by atomic mass is 16.3. The molecule has 19 heavy (non-hydrogen) atoms. The van der Waals surface area contributed by atoms with Gasteiger partial charge in [-0.25, -0.2) is 0 Å². The van der Waals surface area contributed by atoms with Crippen molar-refractivity contribution in [1.29, 1.82) is 0 Å². The summed E-state index contributed by atoms with van der Waals surface area (Å²) in [4.78, 5) is 6.26. The summed E-state index contributed by atoms with van der Waals surface area (Å²) in [5.41, 5.74) is 7.07. The third kappa shape index (κ3) is 2.80. The van der Waals surface area contributed by atoms with Gasteiger partial charge in [-0.1, -0.05) is 6.08 Å². The molecular formula is C15H23N3O. The van der Waals surface area contributed by atoms with E-state index in [2.05, 4.69) is 9.88 Å². The molecule has 0 spiro atoms. The van der Waals surface area contributed by atoms with Gasteiger partial charge >= 0.3 is 0 Å². The molecule has 0 bridgehead atoms. The van der Waals surface area contributed by atoms with Crippen LogP contribution in [-0.2, 0) is 5.60 Å². The van der Waals surface area contributed by atoms with E-state index < -0.39 is 11.6 Å². The Morgan fingerprint density at radius 3 is 2.53 bits per heavy atom. The van der Waals surface area contributed by atoms with E-state index in [4.69, 9.17) is 5.73 Å². The molecule has 0 aliphatic carbocycles. The molecule has 1 aromatic heterocycles. The largest absolute Gasteiger partial charge is 0.383 e. The molecule has 0 unspecified atom stereocenters. The van der Waals surface area contributed by atoms with Crippen LogP contribution in [0, 0.1) is 0 Å². The van der Waals surface area contributed by atoms with Crippen molar-refractivity contribution in [3.63, 3.8) is 0 Å². The van der Waals surface area contributed by atoms with Crippen LogP contribution in [-0.4, -0.2) is 34.1 Å². The highest BCUT2D eigenvalue weighted by Crippen LogP contribution is 2.29. The lowest BCUT2D eigenvalue weighted by Crippen LogP contribution is -2.48. The Morgan fingerprint density at radius 2 is 2.00 bits per heavy atom. The summed E-state index contributed by atoms with van der Waals surface area (Å²) in [6.45, 7) is 5.81. The molecule has 1 aliphatic rings. The average Bonchev–Trinajstić information content (AvgIpc) is 2.94. The second-order valence-corrected chi connectivity index (χ2v) is 5.27. The molecular weight excluding hydrogens is 238 g/mol. The summed E-state index contributed by atoms with van der Waals surface area (Å²) in [5.74, 6) is 0. The van der Waals surface area contributed by atoms with Gasteiger partial charge in [-0.05, 0) is 44.4 Å². The van der Waals surface area contributed by atoms with Gasteiger partial charge < -0.3 is 15.7 Å². The molecule has 0 radical (unpaired) electrons. The van der Waals surface area contributed by atoms with Crippen molar-refractivity contribution < 1.29 is 5.11 Å². The zero-order valence-electron chi connectivity index (χ0n) is 11.7. The van der Waals surface area contributed by atoms with Gasteiger partial charge in [0.05, 0.1) is 6.04 Å². The molecule has 104 valence electrons. The first-order valence-corrected chi connectivity index (χ1v) is 6.87. The molecule has 2 heterocycles. The molecule has 1 aromatic rings. The van der Waals surface area contributed by atoms with Crippen LogP contribution < -0.4 is 5.73 Å². The zero-order chi connectivity index (χ0) is 13.9. The Hall–Kier alpha value is -1.39. The van der Waals surface area contributed by atoms with E-state index in [-0.39, 0.29) is 0 Å². The number of rotatable bonds is 4. The van der Waals surface area contributed by atoms with E-state index in [0.29, 0.717) is 0 Å². The third-order valence-electron chi connectivity index (χ3n) is 3.96. The number of hydrogen-bond donors (Lipinski definition) is 2. The highest BCUT2D eigenvalue weighted by Gasteiger charge is 2.35. The number of pyridine rings is 1. The van der Waals surface area contributed by atoms with Crippen molar-refractivity contribution >= 4 is 0 Å². The van der Waals surface area contributed by atoms with Crippen LogP contribution in [0.3, 0.4) is 0 Å². The van der Waals surface area contributed by atoms with Crippen molar-refractivity contribution in [2.24, 2.45) is 5.73 Å². The quantitative estimate of drug-likeness (QED) is 0.864. The Labute approximate surface area is 114 Å². The Kier molecular flexibility index (Phi) is 4.22. The fourth-order valence-corrected chi connectivity index (χ4v) is 2.69. The van der Waals surface area contributed by atoms with Crippen LogP contribution in [0.4, 0.5) is 0 Å². The maximum Gasteiger partial charge on any atom is 0.108 e. The van der Waals surface area contributed by atoms with E-state index in [1.807, 2.05) is 25.1 Å². The van der Waals surface area contributed by atoms with Gasteiger partial charge in [-0.3, -0.25) is 4.98 Å². The van der Waals surface area contributed by atoms with Crippen LogP contribution in [0.1, 0.15) is 32.3 Å². The zero-order valence-corrected chi connectivity index (χ0v) is 11.7. The SMILES string of the molecule is CC=C([C@H](N)[C@](C)(O)c1ccncc1)N1CCCC1. The predicted octanol–water partition coefficient (Wildman–Crippen LogP) is 1.62. The third-order valence-corrected chi connectivity index (χ3v) is 3.96. The molecule has 1 fully saturated rings. The number of nitrogens with zero attached hydrogens (tertiary/aromatic N) is 2. The highest BCUT2D eigenvalue weighted by molar-refractivity contribution is 5.26. The van der Waals surface area contributed by atoms with Crippen molar-refractivity contribution in [2.75, 3.05) is 13.1 Å². The van der Waals surface area contributed by atoms with Crippen molar-refractivity contribution in [3.05, 3.63) is 41.9 Å². The molecule has 4 nitrogen and oxygen atoms in total. The van der Waals surface area contributed by atoms with Gasteiger partial charge in [-0.2, -0.15) is 0 Å². The summed E-state index contributed by atoms with van der Waals surface area (Å²) in [5, 5.41) is 10.8. The first-order chi connectivity index (χ1) is 9.07. The van der Waals surface area contributed by atoms with Gasteiger partial charge in [0.1, 0.15) is 5.60 Å². The fraction of sp³-hybridized carbons (Fsp3) is 0.533. The van der Waals surface area contributed by atoms with Crippen LogP contribution in [0.25, 0.3) is 0 Å². The minimum Gasteiger partial charge on any atom is -0.383 e. The summed E-state index contributed by atoms with van der Waals surface area (Å²) >= 11 is 0. The first kappa shape index (κ1) is 14.0. The lowest BCUT2D eigenvalue weighted by atomic mass is 9.87. The maximum atomic E-state index is 10.8. The van der Waals surface area contributed by atoms with Crippen LogP contribution in [0.2, 0.25) is 0 Å². The average molecular weight is 261 g/mol. The topological polar surface area (TPSA) is 62.4 Å². The van der Waals surface area contributed by atoms with Gasteiger partial charge in [-0.15, -0.1) is 0 Å². The van der Waals surface area contributed by atoms with Crippen molar-refractivity contribution in [2.45, 2.75) is 38.3 Å². The molecule has 4 heteroatoms. The number of aliphatic hydroxyl groups is 1. The minimum absolute atomic E-state index is 0.432. The van der Waals surface area contributed by atoms with E-state index in [0.717, 1.165) is 24.4 Å². The molecule has 0 saturated carbocycles. The molecule has 3 N–H and O–H groups in total. The van der Waals surface area contributed by atoms with Crippen LogP contribution in [0.5, 0.6) is 0 Å². The Bertz CT molecular complexity index is 436. The number of aromatic nitrogens is 1. The van der Waals surface area contributed by atoms with Crippen LogP contribution in [0.15, 0.2) is 36.3 Å². The molecule has 2 rings (SSSR count). The summed E-state index contributed by atoms with van der Waals surface area (Å²) in [6.07, 6.45) is 7.78. The second kappa shape index (κ2) is 5.72. The first-order valence-electron chi connectivity index (χ1n) is 6.87. The monoisotopic (exact) mass is 261 g/mol. The summed E-state index contributed by atoms with van der Waals surface area (Å²) in [6, 6.07) is 3.20. The molecule has 0 aromatic carbocycles. The van der Waals surface area contributed by atoms with Gasteiger partial charge in [0.15, 0.2) is 0 Å². The molecule has 1 saturated heterocycles. The number of allylic oxidation sites excluding steroid dienone is 1. The van der Waals surface area contributed by atoms with Gasteiger partial charge in [0.25, 0.3) is 0 Å². The van der Waals surface area contributed by atoms with E-state index in [9.17, 15) is 5.11 Å².